The molecule has 1 amide bonds. The van der Waals surface area contributed by atoms with E-state index in [9.17, 15) is 14.7 Å². The third-order valence-electron chi connectivity index (χ3n) is 4.49. The van der Waals surface area contributed by atoms with Crippen LogP contribution in [0, 0.1) is 0 Å². The molecule has 1 aromatic carbocycles. The van der Waals surface area contributed by atoms with Gasteiger partial charge in [-0.15, -0.1) is 0 Å². The minimum Gasteiger partial charge on any atom is -0.479 e. The molecule has 7 nitrogen and oxygen atoms in total. The Morgan fingerprint density at radius 2 is 2.08 bits per heavy atom. The van der Waals surface area contributed by atoms with Crippen molar-refractivity contribution in [1.82, 2.24) is 14.8 Å². The molecule has 0 aliphatic carbocycles. The number of carbonyl (C=O) groups excluding carboxylic acids is 1. The van der Waals surface area contributed by atoms with Gasteiger partial charge in [0.05, 0.1) is 11.9 Å². The number of hydrogen-bond donors (Lipinski definition) is 3. The van der Waals surface area contributed by atoms with E-state index in [2.05, 4.69) is 21.5 Å². The number of amides is 1. The van der Waals surface area contributed by atoms with Gasteiger partial charge in [-0.05, 0) is 38.3 Å². The van der Waals surface area contributed by atoms with Crippen molar-refractivity contribution in [3.63, 3.8) is 0 Å². The molecule has 3 aromatic rings. The number of aromatic amines is 1. The first kappa shape index (κ1) is 17.7. The largest absolute Gasteiger partial charge is 0.479 e. The van der Waals surface area contributed by atoms with Gasteiger partial charge < -0.3 is 15.4 Å². The van der Waals surface area contributed by atoms with Crippen LogP contribution in [0.2, 0.25) is 0 Å². The summed E-state index contributed by atoms with van der Waals surface area (Å²) in [5, 5.41) is 17.2. The Kier molecular flexibility index (Phi) is 4.79. The van der Waals surface area contributed by atoms with E-state index in [0.717, 1.165) is 18.4 Å². The number of hydrogen-bond acceptors (Lipinski definition) is 3. The van der Waals surface area contributed by atoms with Gasteiger partial charge in [-0.3, -0.25) is 9.48 Å². The molecule has 2 heterocycles. The number of carboxylic acid groups (broad SMARTS) is 1. The van der Waals surface area contributed by atoms with Gasteiger partial charge in [0.15, 0.2) is 5.54 Å². The molecule has 3 rings (SSSR count). The number of nitrogens with zero attached hydrogens (tertiary/aromatic N) is 2. The van der Waals surface area contributed by atoms with Gasteiger partial charge in [-0.25, -0.2) is 4.79 Å². The SMILES string of the molecule is CC(C)(C(=O)O)n1cc(NC(=O)CCCc2c[nH]c3ccccc23)cn1. The molecule has 0 bridgehead atoms. The van der Waals surface area contributed by atoms with E-state index < -0.39 is 11.5 Å². The summed E-state index contributed by atoms with van der Waals surface area (Å²) in [6, 6.07) is 8.09. The van der Waals surface area contributed by atoms with Gasteiger partial charge in [-0.1, -0.05) is 18.2 Å². The lowest BCUT2D eigenvalue weighted by atomic mass is 10.1. The number of para-hydroxylation sites is 1. The number of aromatic nitrogens is 3. The zero-order valence-corrected chi connectivity index (χ0v) is 14.8. The van der Waals surface area contributed by atoms with Crippen molar-refractivity contribution in [3.05, 3.63) is 48.4 Å². The van der Waals surface area contributed by atoms with Crippen LogP contribution < -0.4 is 5.32 Å². The molecule has 0 saturated carbocycles. The van der Waals surface area contributed by atoms with Crippen LogP contribution in [0.5, 0.6) is 0 Å². The van der Waals surface area contributed by atoms with Crippen LogP contribution in [-0.4, -0.2) is 31.7 Å². The van der Waals surface area contributed by atoms with Crippen molar-refractivity contribution in [1.29, 1.82) is 0 Å². The molecule has 7 heteroatoms. The normalized spacial score (nSPS) is 11.6. The molecule has 2 aromatic heterocycles. The molecule has 0 atom stereocenters. The van der Waals surface area contributed by atoms with Gasteiger partial charge in [0.2, 0.25) is 5.91 Å². The van der Waals surface area contributed by atoms with Crippen molar-refractivity contribution in [2.45, 2.75) is 38.6 Å². The van der Waals surface area contributed by atoms with Crippen LogP contribution in [0.3, 0.4) is 0 Å². The Balaban J connectivity index is 1.53. The number of anilines is 1. The van der Waals surface area contributed by atoms with Crippen molar-refractivity contribution in [2.24, 2.45) is 0 Å². The fourth-order valence-electron chi connectivity index (χ4n) is 2.79. The first-order valence-corrected chi connectivity index (χ1v) is 8.51. The highest BCUT2D eigenvalue weighted by Crippen LogP contribution is 2.20. The van der Waals surface area contributed by atoms with E-state index in [1.54, 1.807) is 13.8 Å². The van der Waals surface area contributed by atoms with E-state index in [-0.39, 0.29) is 5.91 Å². The first-order valence-electron chi connectivity index (χ1n) is 8.51. The van der Waals surface area contributed by atoms with Crippen LogP contribution >= 0.6 is 0 Å². The third-order valence-corrected chi connectivity index (χ3v) is 4.49. The van der Waals surface area contributed by atoms with E-state index in [4.69, 9.17) is 0 Å². The third kappa shape index (κ3) is 3.61. The fourth-order valence-corrected chi connectivity index (χ4v) is 2.79. The summed E-state index contributed by atoms with van der Waals surface area (Å²) in [6.07, 6.45) is 6.90. The number of aryl methyl sites for hydroxylation is 1. The average molecular weight is 354 g/mol. The number of benzene rings is 1. The molecule has 0 fully saturated rings. The highest BCUT2D eigenvalue weighted by atomic mass is 16.4. The molecule has 0 unspecified atom stereocenters. The van der Waals surface area contributed by atoms with Gasteiger partial charge in [0.1, 0.15) is 0 Å². The van der Waals surface area contributed by atoms with Gasteiger partial charge >= 0.3 is 5.97 Å². The number of fused-ring (bicyclic) bond motifs is 1. The summed E-state index contributed by atoms with van der Waals surface area (Å²) in [5.74, 6) is -1.10. The second-order valence-corrected chi connectivity index (χ2v) is 6.80. The summed E-state index contributed by atoms with van der Waals surface area (Å²) in [6.45, 7) is 3.10. The summed E-state index contributed by atoms with van der Waals surface area (Å²) in [4.78, 5) is 26.6. The molecule has 0 saturated heterocycles. The van der Waals surface area contributed by atoms with E-state index in [1.165, 1.54) is 28.0 Å². The Morgan fingerprint density at radius 1 is 1.31 bits per heavy atom. The maximum atomic E-state index is 12.1. The Labute approximate surface area is 151 Å². The van der Waals surface area contributed by atoms with Crippen molar-refractivity contribution < 1.29 is 14.7 Å². The van der Waals surface area contributed by atoms with Crippen LogP contribution in [0.4, 0.5) is 5.69 Å². The Bertz CT molecular complexity index is 939. The lowest BCUT2D eigenvalue weighted by Gasteiger charge is -2.19. The topological polar surface area (TPSA) is 100 Å². The minimum absolute atomic E-state index is 0.113. The van der Waals surface area contributed by atoms with Crippen molar-refractivity contribution in [3.8, 4) is 0 Å². The van der Waals surface area contributed by atoms with E-state index in [1.807, 2.05) is 24.4 Å². The molecule has 0 spiro atoms. The second kappa shape index (κ2) is 7.03. The number of rotatable bonds is 7. The Hall–Kier alpha value is -3.09. The zero-order valence-electron chi connectivity index (χ0n) is 14.8. The van der Waals surface area contributed by atoms with Gasteiger partial charge in [0, 0.05) is 29.7 Å². The molecule has 0 aliphatic rings. The minimum atomic E-state index is -1.17. The predicted octanol–water partition coefficient (Wildman–Crippen LogP) is 3.15. The van der Waals surface area contributed by atoms with Crippen LogP contribution in [0.15, 0.2) is 42.9 Å². The van der Waals surface area contributed by atoms with Crippen LogP contribution in [-0.2, 0) is 21.5 Å². The highest BCUT2D eigenvalue weighted by Gasteiger charge is 2.30. The van der Waals surface area contributed by atoms with Crippen molar-refractivity contribution in [2.75, 3.05) is 5.32 Å². The van der Waals surface area contributed by atoms with Gasteiger partial charge in [-0.2, -0.15) is 5.10 Å². The number of aliphatic carboxylic acids is 1. The van der Waals surface area contributed by atoms with Gasteiger partial charge in [0.25, 0.3) is 0 Å². The first-order chi connectivity index (χ1) is 12.4. The van der Waals surface area contributed by atoms with E-state index >= 15 is 0 Å². The summed E-state index contributed by atoms with van der Waals surface area (Å²) in [5.41, 5.74) is 1.62. The number of H-pyrrole nitrogens is 1. The molecule has 0 aliphatic heterocycles. The average Bonchev–Trinajstić information content (AvgIpc) is 3.22. The second-order valence-electron chi connectivity index (χ2n) is 6.80. The molecular weight excluding hydrogens is 332 g/mol. The number of nitrogens with one attached hydrogen (secondary N) is 2. The quantitative estimate of drug-likeness (QED) is 0.607. The number of carbonyl (C=O) groups is 2. The molecular formula is C19H22N4O3. The lowest BCUT2D eigenvalue weighted by Crippen LogP contribution is -2.35. The fraction of sp³-hybridized carbons (Fsp3) is 0.316. The predicted molar refractivity (Wildman–Crippen MR) is 99.1 cm³/mol. The number of carboxylic acids is 1. The molecule has 3 N–H and O–H groups in total. The smallest absolute Gasteiger partial charge is 0.331 e. The Morgan fingerprint density at radius 3 is 2.85 bits per heavy atom. The standard InChI is InChI=1S/C19H22N4O3/c1-19(2,18(25)26)23-12-14(11-21-23)22-17(24)9-5-6-13-10-20-16-8-4-3-7-15(13)16/h3-4,7-8,10-12,20H,5-6,9H2,1-2H3,(H,22,24)(H,25,26). The maximum absolute atomic E-state index is 12.1. The molecule has 136 valence electrons. The monoisotopic (exact) mass is 354 g/mol. The van der Waals surface area contributed by atoms with Crippen molar-refractivity contribution >= 4 is 28.5 Å². The van der Waals surface area contributed by atoms with Crippen LogP contribution in [0.1, 0.15) is 32.3 Å². The van der Waals surface area contributed by atoms with Crippen LogP contribution in [0.25, 0.3) is 10.9 Å². The zero-order chi connectivity index (χ0) is 18.7. The summed E-state index contributed by atoms with van der Waals surface area (Å²) >= 11 is 0. The maximum Gasteiger partial charge on any atom is 0.331 e. The van der Waals surface area contributed by atoms with E-state index in [0.29, 0.717) is 12.1 Å². The highest BCUT2D eigenvalue weighted by molar-refractivity contribution is 5.90. The lowest BCUT2D eigenvalue weighted by molar-refractivity contribution is -0.146. The summed E-state index contributed by atoms with van der Waals surface area (Å²) < 4.78 is 1.33. The molecule has 0 radical (unpaired) electrons. The summed E-state index contributed by atoms with van der Waals surface area (Å²) in [7, 11) is 0. The molecule has 26 heavy (non-hydrogen) atoms.